The van der Waals surface area contributed by atoms with Gasteiger partial charge in [0.05, 0.1) is 12.2 Å². The van der Waals surface area contributed by atoms with E-state index >= 15 is 0 Å². The first-order chi connectivity index (χ1) is 11.5. The van der Waals surface area contributed by atoms with Gasteiger partial charge in [-0.3, -0.25) is 14.5 Å². The van der Waals surface area contributed by atoms with Crippen molar-refractivity contribution in [1.82, 2.24) is 19.9 Å². The van der Waals surface area contributed by atoms with Gasteiger partial charge in [0, 0.05) is 45.3 Å². The van der Waals surface area contributed by atoms with Crippen LogP contribution in [0.2, 0.25) is 0 Å². The highest BCUT2D eigenvalue weighted by Crippen LogP contribution is 2.16. The lowest BCUT2D eigenvalue weighted by atomic mass is 9.99. The zero-order valence-corrected chi connectivity index (χ0v) is 14.5. The van der Waals surface area contributed by atoms with Crippen LogP contribution in [0.1, 0.15) is 36.0 Å². The van der Waals surface area contributed by atoms with E-state index in [9.17, 15) is 9.59 Å². The fourth-order valence-corrected chi connectivity index (χ4v) is 3.28. The Kier molecular flexibility index (Phi) is 5.18. The lowest BCUT2D eigenvalue weighted by Gasteiger charge is -2.36. The highest BCUT2D eigenvalue weighted by Gasteiger charge is 2.27. The Labute approximate surface area is 142 Å². The lowest BCUT2D eigenvalue weighted by molar-refractivity contribution is -0.134. The maximum Gasteiger partial charge on any atom is 0.292 e. The van der Waals surface area contributed by atoms with Crippen molar-refractivity contribution in [3.8, 4) is 0 Å². The second-order valence-electron chi connectivity index (χ2n) is 6.96. The molecular formula is C17H26N4O3. The Hall–Kier alpha value is -1.89. The van der Waals surface area contributed by atoms with E-state index in [-0.39, 0.29) is 11.8 Å². The van der Waals surface area contributed by atoms with Gasteiger partial charge in [-0.05, 0) is 25.7 Å². The van der Waals surface area contributed by atoms with Crippen molar-refractivity contribution < 1.29 is 14.1 Å². The summed E-state index contributed by atoms with van der Waals surface area (Å²) in [6.45, 7) is 8.92. The second-order valence-corrected chi connectivity index (χ2v) is 6.96. The summed E-state index contributed by atoms with van der Waals surface area (Å²) in [6, 6.07) is 1.66. The molecule has 3 rings (SSSR count). The molecule has 7 nitrogen and oxygen atoms in total. The molecule has 2 saturated heterocycles. The van der Waals surface area contributed by atoms with Crippen molar-refractivity contribution >= 4 is 11.8 Å². The number of hydrogen-bond donors (Lipinski definition) is 0. The predicted molar refractivity (Wildman–Crippen MR) is 88.6 cm³/mol. The highest BCUT2D eigenvalue weighted by molar-refractivity contribution is 5.91. The van der Waals surface area contributed by atoms with Crippen molar-refractivity contribution in [2.45, 2.75) is 26.7 Å². The highest BCUT2D eigenvalue weighted by atomic mass is 16.5. The van der Waals surface area contributed by atoms with Gasteiger partial charge in [0.15, 0.2) is 0 Å². The third-order valence-electron chi connectivity index (χ3n) is 4.99. The number of carbonyl (C=O) groups excluding carboxylic acids is 2. The molecule has 0 radical (unpaired) electrons. The molecule has 0 bridgehead atoms. The molecule has 2 aliphatic rings. The van der Waals surface area contributed by atoms with Gasteiger partial charge in [-0.15, -0.1) is 0 Å². The van der Waals surface area contributed by atoms with Gasteiger partial charge in [-0.1, -0.05) is 12.1 Å². The molecule has 0 atom stereocenters. The van der Waals surface area contributed by atoms with Crippen LogP contribution in [0.25, 0.3) is 0 Å². The third-order valence-corrected chi connectivity index (χ3v) is 4.99. The van der Waals surface area contributed by atoms with Crippen LogP contribution in [0.15, 0.2) is 10.6 Å². The van der Waals surface area contributed by atoms with Crippen LogP contribution >= 0.6 is 0 Å². The minimum Gasteiger partial charge on any atom is -0.351 e. The molecule has 3 heterocycles. The number of aryl methyl sites for hydroxylation is 1. The molecule has 24 heavy (non-hydrogen) atoms. The maximum absolute atomic E-state index is 12.4. The van der Waals surface area contributed by atoms with E-state index in [2.05, 4.69) is 17.0 Å². The Bertz CT molecular complexity index is 584. The van der Waals surface area contributed by atoms with E-state index in [1.807, 2.05) is 4.90 Å². The van der Waals surface area contributed by atoms with Crippen molar-refractivity contribution in [3.63, 3.8) is 0 Å². The van der Waals surface area contributed by atoms with Crippen LogP contribution in [0.4, 0.5) is 0 Å². The van der Waals surface area contributed by atoms with Gasteiger partial charge < -0.3 is 14.3 Å². The third kappa shape index (κ3) is 3.95. The summed E-state index contributed by atoms with van der Waals surface area (Å²) in [6.07, 6.45) is 2.20. The fraction of sp³-hybridized carbons (Fsp3) is 0.706. The second kappa shape index (κ2) is 7.34. The molecule has 0 aliphatic carbocycles. The zero-order chi connectivity index (χ0) is 17.1. The Balaban J connectivity index is 1.45. The molecule has 0 unspecified atom stereocenters. The number of amides is 2. The number of carbonyl (C=O) groups is 2. The first-order valence-corrected chi connectivity index (χ1v) is 8.75. The first-order valence-electron chi connectivity index (χ1n) is 8.75. The summed E-state index contributed by atoms with van der Waals surface area (Å²) < 4.78 is 5.04. The van der Waals surface area contributed by atoms with E-state index < -0.39 is 0 Å². The molecule has 2 fully saturated rings. The molecule has 0 aromatic carbocycles. The zero-order valence-electron chi connectivity index (χ0n) is 14.5. The monoisotopic (exact) mass is 334 g/mol. The van der Waals surface area contributed by atoms with Gasteiger partial charge in [0.2, 0.25) is 11.7 Å². The normalized spacial score (nSPS) is 20.4. The SMILES string of the molecule is Cc1cc(C(=O)N2CCN(CC(=O)N3CCC(C)CC3)CC2)on1. The Morgan fingerprint density at radius 2 is 1.79 bits per heavy atom. The molecule has 0 spiro atoms. The van der Waals surface area contributed by atoms with E-state index in [1.165, 1.54) is 0 Å². The van der Waals surface area contributed by atoms with Crippen LogP contribution in [-0.4, -0.2) is 77.5 Å². The number of rotatable bonds is 3. The standard InChI is InChI=1S/C17H26N4O3/c1-13-3-5-20(6-4-13)16(22)12-19-7-9-21(10-8-19)17(23)15-11-14(2)18-24-15/h11,13H,3-10,12H2,1-2H3. The first kappa shape index (κ1) is 17.0. The number of hydrogen-bond acceptors (Lipinski definition) is 5. The Morgan fingerprint density at radius 3 is 2.38 bits per heavy atom. The number of aromatic nitrogens is 1. The summed E-state index contributed by atoms with van der Waals surface area (Å²) in [4.78, 5) is 30.6. The number of piperazine rings is 1. The summed E-state index contributed by atoms with van der Waals surface area (Å²) in [5.74, 6) is 1.11. The Morgan fingerprint density at radius 1 is 1.12 bits per heavy atom. The minimum absolute atomic E-state index is 0.119. The number of nitrogens with zero attached hydrogens (tertiary/aromatic N) is 4. The van der Waals surface area contributed by atoms with Crippen molar-refractivity contribution in [2.24, 2.45) is 5.92 Å². The molecule has 132 valence electrons. The molecule has 0 N–H and O–H groups in total. The van der Waals surface area contributed by atoms with E-state index in [0.29, 0.717) is 31.1 Å². The van der Waals surface area contributed by atoms with Crippen molar-refractivity contribution in [3.05, 3.63) is 17.5 Å². The van der Waals surface area contributed by atoms with Gasteiger partial charge in [0.25, 0.3) is 5.91 Å². The fourth-order valence-electron chi connectivity index (χ4n) is 3.28. The lowest BCUT2D eigenvalue weighted by Crippen LogP contribution is -2.52. The van der Waals surface area contributed by atoms with Crippen LogP contribution in [0.3, 0.4) is 0 Å². The summed E-state index contributed by atoms with van der Waals surface area (Å²) in [7, 11) is 0. The van der Waals surface area contributed by atoms with Crippen LogP contribution < -0.4 is 0 Å². The van der Waals surface area contributed by atoms with Crippen molar-refractivity contribution in [1.29, 1.82) is 0 Å². The topological polar surface area (TPSA) is 69.9 Å². The van der Waals surface area contributed by atoms with E-state index in [4.69, 9.17) is 4.52 Å². The summed E-state index contributed by atoms with van der Waals surface area (Å²) in [5, 5.41) is 3.76. The summed E-state index contributed by atoms with van der Waals surface area (Å²) >= 11 is 0. The van der Waals surface area contributed by atoms with Crippen LogP contribution in [0, 0.1) is 12.8 Å². The van der Waals surface area contributed by atoms with Gasteiger partial charge in [-0.2, -0.15) is 0 Å². The van der Waals surface area contributed by atoms with Crippen LogP contribution in [-0.2, 0) is 4.79 Å². The largest absolute Gasteiger partial charge is 0.351 e. The maximum atomic E-state index is 12.4. The molecule has 7 heteroatoms. The number of piperidine rings is 1. The molecule has 1 aromatic heterocycles. The van der Waals surface area contributed by atoms with Gasteiger partial charge in [-0.25, -0.2) is 0 Å². The summed E-state index contributed by atoms with van der Waals surface area (Å²) in [5.41, 5.74) is 0.707. The van der Waals surface area contributed by atoms with Gasteiger partial charge >= 0.3 is 0 Å². The molecule has 2 amide bonds. The van der Waals surface area contributed by atoms with Crippen LogP contribution in [0.5, 0.6) is 0 Å². The smallest absolute Gasteiger partial charge is 0.292 e. The predicted octanol–water partition coefficient (Wildman–Crippen LogP) is 0.999. The van der Waals surface area contributed by atoms with E-state index in [0.717, 1.165) is 44.9 Å². The quantitative estimate of drug-likeness (QED) is 0.825. The number of likely N-dealkylation sites (tertiary alicyclic amines) is 1. The molecule has 0 saturated carbocycles. The average Bonchev–Trinajstić information content (AvgIpc) is 3.02. The van der Waals surface area contributed by atoms with Gasteiger partial charge in [0.1, 0.15) is 0 Å². The minimum atomic E-state index is -0.119. The van der Waals surface area contributed by atoms with E-state index in [1.54, 1.807) is 17.9 Å². The average molecular weight is 334 g/mol. The molecule has 1 aromatic rings. The molecule has 2 aliphatic heterocycles. The molecular weight excluding hydrogens is 308 g/mol. The van der Waals surface area contributed by atoms with Crippen molar-refractivity contribution in [2.75, 3.05) is 45.8 Å².